The Morgan fingerprint density at radius 3 is 2.29 bits per heavy atom. The number of amides is 1. The topological polar surface area (TPSA) is 52.6 Å². The molecule has 17 heavy (non-hydrogen) atoms. The number of nitrogens with one attached hydrogen (secondary N) is 1. The summed E-state index contributed by atoms with van der Waals surface area (Å²) in [6.45, 7) is 12.5. The fourth-order valence-corrected chi connectivity index (χ4v) is 1.72. The van der Waals surface area contributed by atoms with Gasteiger partial charge >= 0.3 is 0 Å². The van der Waals surface area contributed by atoms with Crippen LogP contribution in [0.4, 0.5) is 0 Å². The molecule has 4 heteroatoms. The van der Waals surface area contributed by atoms with Crippen molar-refractivity contribution in [2.75, 3.05) is 26.2 Å². The molecule has 1 atom stereocenters. The second-order valence-corrected chi connectivity index (χ2v) is 5.25. The van der Waals surface area contributed by atoms with Gasteiger partial charge in [0.25, 0.3) is 0 Å². The number of hydrogen-bond donors (Lipinski definition) is 2. The van der Waals surface area contributed by atoms with Crippen LogP contribution in [0.3, 0.4) is 0 Å². The molecule has 0 aromatic rings. The van der Waals surface area contributed by atoms with Crippen LogP contribution in [-0.4, -0.2) is 48.2 Å². The molecule has 0 aromatic carbocycles. The summed E-state index contributed by atoms with van der Waals surface area (Å²) >= 11 is 0. The number of aliphatic hydroxyl groups is 1. The SMILES string of the molecule is CCN(CC)C(=O)C(C)NCC(C)(C)CCO. The smallest absolute Gasteiger partial charge is 0.239 e. The number of nitrogens with zero attached hydrogens (tertiary/aromatic N) is 1. The molecule has 0 aliphatic carbocycles. The Balaban J connectivity index is 4.17. The molecular formula is C13H28N2O2. The van der Waals surface area contributed by atoms with Gasteiger partial charge in [0.1, 0.15) is 0 Å². The van der Waals surface area contributed by atoms with Gasteiger partial charge in [0.15, 0.2) is 0 Å². The van der Waals surface area contributed by atoms with Gasteiger partial charge in [-0.3, -0.25) is 4.79 Å². The molecule has 102 valence electrons. The summed E-state index contributed by atoms with van der Waals surface area (Å²) in [5.41, 5.74) is 0.0204. The number of rotatable bonds is 8. The van der Waals surface area contributed by atoms with E-state index in [9.17, 15) is 4.79 Å². The number of likely N-dealkylation sites (N-methyl/N-ethyl adjacent to an activating group) is 1. The first-order valence-electron chi connectivity index (χ1n) is 6.51. The molecule has 0 bridgehead atoms. The van der Waals surface area contributed by atoms with Crippen LogP contribution in [0.2, 0.25) is 0 Å². The van der Waals surface area contributed by atoms with Gasteiger partial charge in [0.05, 0.1) is 6.04 Å². The average Bonchev–Trinajstić information content (AvgIpc) is 2.27. The second kappa shape index (κ2) is 7.67. The summed E-state index contributed by atoms with van der Waals surface area (Å²) in [5.74, 6) is 0.148. The molecule has 0 radical (unpaired) electrons. The Kier molecular flexibility index (Phi) is 7.39. The van der Waals surface area contributed by atoms with Crippen molar-refractivity contribution in [3.05, 3.63) is 0 Å². The average molecular weight is 244 g/mol. The molecule has 0 aliphatic rings. The predicted molar refractivity (Wildman–Crippen MR) is 70.9 cm³/mol. The number of carbonyl (C=O) groups is 1. The van der Waals surface area contributed by atoms with E-state index in [0.29, 0.717) is 0 Å². The maximum atomic E-state index is 12.0. The monoisotopic (exact) mass is 244 g/mol. The van der Waals surface area contributed by atoms with Gasteiger partial charge in [-0.2, -0.15) is 0 Å². The zero-order valence-corrected chi connectivity index (χ0v) is 11.9. The summed E-state index contributed by atoms with van der Waals surface area (Å²) in [5, 5.41) is 12.2. The number of carbonyl (C=O) groups excluding carboxylic acids is 1. The van der Waals surface area contributed by atoms with Crippen LogP contribution >= 0.6 is 0 Å². The van der Waals surface area contributed by atoms with Crippen LogP contribution in [0.15, 0.2) is 0 Å². The zero-order valence-electron chi connectivity index (χ0n) is 11.9. The highest BCUT2D eigenvalue weighted by molar-refractivity contribution is 5.81. The van der Waals surface area contributed by atoms with E-state index in [-0.39, 0.29) is 24.0 Å². The third-order valence-corrected chi connectivity index (χ3v) is 3.12. The zero-order chi connectivity index (χ0) is 13.5. The van der Waals surface area contributed by atoms with Crippen molar-refractivity contribution in [1.82, 2.24) is 10.2 Å². The van der Waals surface area contributed by atoms with E-state index in [1.165, 1.54) is 0 Å². The van der Waals surface area contributed by atoms with E-state index in [1.54, 1.807) is 0 Å². The van der Waals surface area contributed by atoms with Crippen molar-refractivity contribution in [2.45, 2.75) is 47.1 Å². The fourth-order valence-electron chi connectivity index (χ4n) is 1.72. The van der Waals surface area contributed by atoms with Crippen LogP contribution in [0.25, 0.3) is 0 Å². The van der Waals surface area contributed by atoms with Crippen LogP contribution in [-0.2, 0) is 4.79 Å². The van der Waals surface area contributed by atoms with Crippen LogP contribution in [0, 0.1) is 5.41 Å². The molecule has 0 saturated heterocycles. The third-order valence-electron chi connectivity index (χ3n) is 3.12. The fraction of sp³-hybridized carbons (Fsp3) is 0.923. The summed E-state index contributed by atoms with van der Waals surface area (Å²) in [6.07, 6.45) is 0.742. The summed E-state index contributed by atoms with van der Waals surface area (Å²) in [4.78, 5) is 13.8. The van der Waals surface area contributed by atoms with Crippen molar-refractivity contribution in [3.8, 4) is 0 Å². The Labute approximate surface area is 105 Å². The molecule has 0 spiro atoms. The van der Waals surface area contributed by atoms with Crippen molar-refractivity contribution in [2.24, 2.45) is 5.41 Å². The van der Waals surface area contributed by atoms with E-state index >= 15 is 0 Å². The lowest BCUT2D eigenvalue weighted by molar-refractivity contribution is -0.132. The minimum atomic E-state index is -0.159. The van der Waals surface area contributed by atoms with Gasteiger partial charge in [-0.05, 0) is 32.6 Å². The van der Waals surface area contributed by atoms with E-state index in [0.717, 1.165) is 26.1 Å². The Bertz CT molecular complexity index is 225. The van der Waals surface area contributed by atoms with Crippen molar-refractivity contribution in [1.29, 1.82) is 0 Å². The van der Waals surface area contributed by atoms with Crippen LogP contribution in [0.5, 0.6) is 0 Å². The normalized spacial score (nSPS) is 13.5. The molecule has 0 heterocycles. The highest BCUT2D eigenvalue weighted by Crippen LogP contribution is 2.18. The molecular weight excluding hydrogens is 216 g/mol. The van der Waals surface area contributed by atoms with Gasteiger partial charge in [0, 0.05) is 26.2 Å². The van der Waals surface area contributed by atoms with E-state index in [2.05, 4.69) is 19.2 Å². The lowest BCUT2D eigenvalue weighted by Crippen LogP contribution is -2.47. The summed E-state index contributed by atoms with van der Waals surface area (Å²) in [7, 11) is 0. The standard InChI is InChI=1S/C13H28N2O2/c1-6-15(7-2)12(17)11(3)14-10-13(4,5)8-9-16/h11,14,16H,6-10H2,1-5H3. The molecule has 0 aliphatic heterocycles. The van der Waals surface area contributed by atoms with Crippen molar-refractivity contribution in [3.63, 3.8) is 0 Å². The van der Waals surface area contributed by atoms with E-state index in [4.69, 9.17) is 5.11 Å². The van der Waals surface area contributed by atoms with Gasteiger partial charge in [-0.15, -0.1) is 0 Å². The number of hydrogen-bond acceptors (Lipinski definition) is 3. The number of aliphatic hydroxyl groups excluding tert-OH is 1. The molecule has 0 saturated carbocycles. The third kappa shape index (κ3) is 6.03. The van der Waals surface area contributed by atoms with Gasteiger partial charge in [-0.1, -0.05) is 13.8 Å². The molecule has 0 fully saturated rings. The minimum Gasteiger partial charge on any atom is -0.396 e. The summed E-state index contributed by atoms with van der Waals surface area (Å²) < 4.78 is 0. The highest BCUT2D eigenvalue weighted by atomic mass is 16.3. The Morgan fingerprint density at radius 1 is 1.35 bits per heavy atom. The van der Waals surface area contributed by atoms with Crippen LogP contribution in [0.1, 0.15) is 41.0 Å². The lowest BCUT2D eigenvalue weighted by Gasteiger charge is -2.28. The van der Waals surface area contributed by atoms with Gasteiger partial charge in [-0.25, -0.2) is 0 Å². The van der Waals surface area contributed by atoms with Crippen molar-refractivity contribution >= 4 is 5.91 Å². The van der Waals surface area contributed by atoms with Gasteiger partial charge < -0.3 is 15.3 Å². The van der Waals surface area contributed by atoms with E-state index < -0.39 is 0 Å². The minimum absolute atomic E-state index is 0.0204. The molecule has 0 aromatic heterocycles. The molecule has 2 N–H and O–H groups in total. The maximum Gasteiger partial charge on any atom is 0.239 e. The quantitative estimate of drug-likeness (QED) is 0.675. The van der Waals surface area contributed by atoms with Gasteiger partial charge in [0.2, 0.25) is 5.91 Å². The maximum absolute atomic E-state index is 12.0. The first kappa shape index (κ1) is 16.4. The lowest BCUT2D eigenvalue weighted by atomic mass is 9.89. The van der Waals surface area contributed by atoms with Crippen molar-refractivity contribution < 1.29 is 9.90 Å². The first-order chi connectivity index (χ1) is 7.87. The summed E-state index contributed by atoms with van der Waals surface area (Å²) in [6, 6.07) is -0.159. The Hall–Kier alpha value is -0.610. The van der Waals surface area contributed by atoms with Crippen LogP contribution < -0.4 is 5.32 Å². The second-order valence-electron chi connectivity index (χ2n) is 5.25. The first-order valence-corrected chi connectivity index (χ1v) is 6.51. The molecule has 1 unspecified atom stereocenters. The molecule has 4 nitrogen and oxygen atoms in total. The highest BCUT2D eigenvalue weighted by Gasteiger charge is 2.22. The largest absolute Gasteiger partial charge is 0.396 e. The Morgan fingerprint density at radius 2 is 1.88 bits per heavy atom. The molecule has 0 rings (SSSR count). The predicted octanol–water partition coefficient (Wildman–Crippen LogP) is 1.24. The molecule has 1 amide bonds. The van der Waals surface area contributed by atoms with E-state index in [1.807, 2.05) is 25.7 Å².